The van der Waals surface area contributed by atoms with Crippen LogP contribution < -0.4 is 0 Å². The topological polar surface area (TPSA) is 6.48 Å². The van der Waals surface area contributed by atoms with Crippen molar-refractivity contribution < 1.29 is 13.2 Å². The molecule has 1 rings (SSSR count). The second-order valence-corrected chi connectivity index (χ2v) is 3.23. The maximum absolute atomic E-state index is 12.2. The molecule has 1 saturated heterocycles. The number of nitrogens with zero attached hydrogens (tertiary/aromatic N) is 2. The van der Waals surface area contributed by atoms with Crippen LogP contribution in [0.15, 0.2) is 12.3 Å². The van der Waals surface area contributed by atoms with Gasteiger partial charge in [-0.05, 0) is 7.05 Å². The van der Waals surface area contributed by atoms with E-state index in [0.29, 0.717) is 26.2 Å². The molecule has 0 atom stereocenters. The molecule has 0 amide bonds. The summed E-state index contributed by atoms with van der Waals surface area (Å²) in [6.07, 6.45) is -4.28. The summed E-state index contributed by atoms with van der Waals surface area (Å²) < 4.78 is 36.5. The zero-order valence-electron chi connectivity index (χ0n) is 7.56. The highest BCUT2D eigenvalue weighted by molar-refractivity contribution is 5.02. The minimum Gasteiger partial charge on any atom is -0.365 e. The summed E-state index contributed by atoms with van der Waals surface area (Å²) in [6, 6.07) is 0. The Morgan fingerprint density at radius 2 is 1.62 bits per heavy atom. The first-order valence-corrected chi connectivity index (χ1v) is 4.11. The molecule has 1 aliphatic rings. The first-order chi connectivity index (χ1) is 5.91. The third kappa shape index (κ3) is 2.62. The van der Waals surface area contributed by atoms with Crippen molar-refractivity contribution in [3.63, 3.8) is 0 Å². The van der Waals surface area contributed by atoms with E-state index < -0.39 is 11.9 Å². The number of hydrogen-bond acceptors (Lipinski definition) is 2. The van der Waals surface area contributed by atoms with Gasteiger partial charge >= 0.3 is 6.18 Å². The van der Waals surface area contributed by atoms with Gasteiger partial charge in [-0.25, -0.2) is 0 Å². The number of allylic oxidation sites excluding steroid dienone is 1. The summed E-state index contributed by atoms with van der Waals surface area (Å²) >= 11 is 0. The lowest BCUT2D eigenvalue weighted by atomic mass is 10.3. The van der Waals surface area contributed by atoms with Crippen LogP contribution >= 0.6 is 0 Å². The molecule has 0 aromatic carbocycles. The number of halogens is 3. The van der Waals surface area contributed by atoms with Crippen LogP contribution in [0.4, 0.5) is 13.2 Å². The molecular formula is C8H13F3N2. The summed E-state index contributed by atoms with van der Waals surface area (Å²) in [5, 5.41) is 0. The molecular weight excluding hydrogens is 181 g/mol. The van der Waals surface area contributed by atoms with Crippen LogP contribution in [0.2, 0.25) is 0 Å². The van der Waals surface area contributed by atoms with Gasteiger partial charge in [-0.15, -0.1) is 0 Å². The Morgan fingerprint density at radius 3 is 2.00 bits per heavy atom. The van der Waals surface area contributed by atoms with Crippen molar-refractivity contribution in [2.75, 3.05) is 33.2 Å². The second-order valence-electron chi connectivity index (χ2n) is 3.23. The number of likely N-dealkylation sites (N-methyl/N-ethyl adjacent to an activating group) is 1. The van der Waals surface area contributed by atoms with Gasteiger partial charge in [-0.3, -0.25) is 0 Å². The summed E-state index contributed by atoms with van der Waals surface area (Å²) in [5.41, 5.74) is -0.722. The van der Waals surface area contributed by atoms with E-state index in [4.69, 9.17) is 0 Å². The van der Waals surface area contributed by atoms with Crippen LogP contribution in [-0.2, 0) is 0 Å². The van der Waals surface area contributed by atoms with Gasteiger partial charge < -0.3 is 9.80 Å². The summed E-state index contributed by atoms with van der Waals surface area (Å²) in [7, 11) is 1.90. The van der Waals surface area contributed by atoms with E-state index in [-0.39, 0.29) is 0 Å². The Labute approximate surface area is 75.6 Å². The third-order valence-corrected chi connectivity index (χ3v) is 2.21. The molecule has 0 unspecified atom stereocenters. The molecule has 0 aliphatic carbocycles. The molecule has 1 heterocycles. The molecule has 1 fully saturated rings. The maximum atomic E-state index is 12.2. The molecule has 13 heavy (non-hydrogen) atoms. The van der Waals surface area contributed by atoms with Crippen LogP contribution in [-0.4, -0.2) is 49.2 Å². The minimum absolute atomic E-state index is 0.412. The molecule has 76 valence electrons. The summed E-state index contributed by atoms with van der Waals surface area (Å²) in [4.78, 5) is 3.29. The predicted octanol–water partition coefficient (Wildman–Crippen LogP) is 1.31. The fraction of sp³-hybridized carbons (Fsp3) is 0.750. The molecule has 0 aromatic heterocycles. The minimum atomic E-state index is -4.28. The van der Waals surface area contributed by atoms with Gasteiger partial charge in [0, 0.05) is 26.2 Å². The highest BCUT2D eigenvalue weighted by Gasteiger charge is 2.36. The molecule has 5 heteroatoms. The largest absolute Gasteiger partial charge is 0.430 e. The number of rotatable bonds is 1. The van der Waals surface area contributed by atoms with Crippen LogP contribution in [0.25, 0.3) is 0 Å². The molecule has 0 aromatic rings. The Balaban J connectivity index is 2.50. The van der Waals surface area contributed by atoms with Crippen molar-refractivity contribution in [3.05, 3.63) is 12.3 Å². The van der Waals surface area contributed by atoms with E-state index in [1.807, 2.05) is 11.9 Å². The normalized spacial score (nSPS) is 20.5. The molecule has 0 bridgehead atoms. The summed E-state index contributed by atoms with van der Waals surface area (Å²) in [5.74, 6) is 0. The molecule has 2 nitrogen and oxygen atoms in total. The zero-order valence-corrected chi connectivity index (χ0v) is 7.56. The number of alkyl halides is 3. The average molecular weight is 194 g/mol. The van der Waals surface area contributed by atoms with Gasteiger partial charge in [0.15, 0.2) is 0 Å². The van der Waals surface area contributed by atoms with E-state index in [1.54, 1.807) is 0 Å². The quantitative estimate of drug-likeness (QED) is 0.621. The van der Waals surface area contributed by atoms with Crippen molar-refractivity contribution >= 4 is 0 Å². The van der Waals surface area contributed by atoms with Crippen molar-refractivity contribution in [2.45, 2.75) is 6.18 Å². The van der Waals surface area contributed by atoms with E-state index in [9.17, 15) is 13.2 Å². The highest BCUT2D eigenvalue weighted by Crippen LogP contribution is 2.27. The average Bonchev–Trinajstić information content (AvgIpc) is 2.03. The van der Waals surface area contributed by atoms with Gasteiger partial charge in [-0.2, -0.15) is 13.2 Å². The van der Waals surface area contributed by atoms with E-state index in [1.165, 1.54) is 4.90 Å². The lowest BCUT2D eigenvalue weighted by Crippen LogP contribution is -2.46. The lowest BCUT2D eigenvalue weighted by molar-refractivity contribution is -0.113. The van der Waals surface area contributed by atoms with Crippen LogP contribution in [0, 0.1) is 0 Å². The molecule has 0 spiro atoms. The third-order valence-electron chi connectivity index (χ3n) is 2.21. The van der Waals surface area contributed by atoms with Crippen LogP contribution in [0.5, 0.6) is 0 Å². The van der Waals surface area contributed by atoms with E-state index in [2.05, 4.69) is 6.58 Å². The Morgan fingerprint density at radius 1 is 1.15 bits per heavy atom. The highest BCUT2D eigenvalue weighted by atomic mass is 19.4. The summed E-state index contributed by atoms with van der Waals surface area (Å²) in [6.45, 7) is 5.20. The fourth-order valence-corrected chi connectivity index (χ4v) is 1.26. The first-order valence-electron chi connectivity index (χ1n) is 4.11. The van der Waals surface area contributed by atoms with Crippen LogP contribution in [0.3, 0.4) is 0 Å². The van der Waals surface area contributed by atoms with Crippen molar-refractivity contribution in [2.24, 2.45) is 0 Å². The zero-order chi connectivity index (χ0) is 10.1. The Hall–Kier alpha value is -0.710. The maximum Gasteiger partial charge on any atom is 0.430 e. The van der Waals surface area contributed by atoms with Gasteiger partial charge in [0.05, 0.1) is 0 Å². The number of hydrogen-bond donors (Lipinski definition) is 0. The molecule has 0 saturated carbocycles. The Bertz CT molecular complexity index is 192. The lowest BCUT2D eigenvalue weighted by Gasteiger charge is -2.35. The first kappa shape index (κ1) is 10.4. The predicted molar refractivity (Wildman–Crippen MR) is 44.3 cm³/mol. The number of piperazine rings is 1. The SMILES string of the molecule is C=C(N1CCN(C)CC1)C(F)(F)F. The second kappa shape index (κ2) is 3.57. The molecule has 1 aliphatic heterocycles. The van der Waals surface area contributed by atoms with Crippen LogP contribution in [0.1, 0.15) is 0 Å². The molecule has 0 radical (unpaired) electrons. The smallest absolute Gasteiger partial charge is 0.365 e. The van der Waals surface area contributed by atoms with E-state index >= 15 is 0 Å². The van der Waals surface area contributed by atoms with Gasteiger partial charge in [0.2, 0.25) is 0 Å². The molecule has 0 N–H and O–H groups in total. The fourth-order valence-electron chi connectivity index (χ4n) is 1.26. The monoisotopic (exact) mass is 194 g/mol. The van der Waals surface area contributed by atoms with Crippen molar-refractivity contribution in [1.82, 2.24) is 9.80 Å². The van der Waals surface area contributed by atoms with Gasteiger partial charge in [0.1, 0.15) is 5.70 Å². The van der Waals surface area contributed by atoms with Gasteiger partial charge in [-0.1, -0.05) is 6.58 Å². The van der Waals surface area contributed by atoms with Gasteiger partial charge in [0.25, 0.3) is 0 Å². The standard InChI is InChI=1S/C8H13F3N2/c1-7(8(9,10)11)13-5-3-12(2)4-6-13/h1,3-6H2,2H3. The van der Waals surface area contributed by atoms with E-state index in [0.717, 1.165) is 0 Å². The van der Waals surface area contributed by atoms with Crippen molar-refractivity contribution in [3.8, 4) is 0 Å². The van der Waals surface area contributed by atoms with Crippen molar-refractivity contribution in [1.29, 1.82) is 0 Å². The Kier molecular flexibility index (Phi) is 2.85.